The van der Waals surface area contributed by atoms with E-state index in [1.54, 1.807) is 35.1 Å². The average Bonchev–Trinajstić information content (AvgIpc) is 3.28. The minimum Gasteiger partial charge on any atom is -0.423 e. The molecule has 0 unspecified atom stereocenters. The SMILES string of the molecule is Cc1ccc(C(=O)c2cc(C(=O)Oc3ccc([N+](=O)[O-])cc3)c3cc(-c4ccncc4)ccn23)cc1. The molecule has 3 heterocycles. The van der Waals surface area contributed by atoms with Gasteiger partial charge in [-0.15, -0.1) is 0 Å². The van der Waals surface area contributed by atoms with E-state index < -0.39 is 10.9 Å². The number of aryl methyl sites for hydroxylation is 1. The van der Waals surface area contributed by atoms with Crippen molar-refractivity contribution in [2.45, 2.75) is 6.92 Å². The summed E-state index contributed by atoms with van der Waals surface area (Å²) in [6.07, 6.45) is 5.09. The minimum atomic E-state index is -0.684. The molecule has 0 fully saturated rings. The molecule has 0 saturated heterocycles. The molecule has 0 saturated carbocycles. The van der Waals surface area contributed by atoms with Crippen molar-refractivity contribution in [3.63, 3.8) is 0 Å². The standard InChI is InChI=1S/C28H19N3O5/c1-18-2-4-20(5-3-18)27(32)26-17-24(28(33)36-23-8-6-22(7-9-23)31(34)35)25-16-21(12-15-30(25)26)19-10-13-29-14-11-19/h2-17H,1H3. The van der Waals surface area contributed by atoms with Crippen LogP contribution in [0.2, 0.25) is 0 Å². The summed E-state index contributed by atoms with van der Waals surface area (Å²) in [5.74, 6) is -0.770. The third kappa shape index (κ3) is 4.35. The maximum atomic E-state index is 13.4. The van der Waals surface area contributed by atoms with Gasteiger partial charge in [0.25, 0.3) is 5.69 Å². The number of nitro groups is 1. The Kier molecular flexibility index (Phi) is 5.83. The van der Waals surface area contributed by atoms with Gasteiger partial charge in [0.1, 0.15) is 5.75 Å². The van der Waals surface area contributed by atoms with Crippen molar-refractivity contribution in [3.8, 4) is 16.9 Å². The topological polar surface area (TPSA) is 104 Å². The molecule has 176 valence electrons. The van der Waals surface area contributed by atoms with E-state index in [-0.39, 0.29) is 22.8 Å². The third-order valence-electron chi connectivity index (χ3n) is 5.81. The van der Waals surface area contributed by atoms with Crippen LogP contribution in [-0.4, -0.2) is 26.1 Å². The lowest BCUT2D eigenvalue weighted by molar-refractivity contribution is -0.384. The number of nitrogens with zero attached hydrogens (tertiary/aromatic N) is 3. The zero-order valence-corrected chi connectivity index (χ0v) is 19.1. The van der Waals surface area contributed by atoms with Gasteiger partial charge in [-0.3, -0.25) is 19.9 Å². The number of ketones is 1. The van der Waals surface area contributed by atoms with Crippen molar-refractivity contribution in [1.29, 1.82) is 0 Å². The fraction of sp³-hybridized carbons (Fsp3) is 0.0357. The summed E-state index contributed by atoms with van der Waals surface area (Å²) in [4.78, 5) is 41.0. The van der Waals surface area contributed by atoms with E-state index in [0.717, 1.165) is 16.7 Å². The predicted molar refractivity (Wildman–Crippen MR) is 133 cm³/mol. The van der Waals surface area contributed by atoms with E-state index in [1.807, 2.05) is 43.3 Å². The van der Waals surface area contributed by atoms with Crippen molar-refractivity contribution < 1.29 is 19.2 Å². The maximum absolute atomic E-state index is 13.4. The molecule has 3 aromatic heterocycles. The third-order valence-corrected chi connectivity index (χ3v) is 5.81. The summed E-state index contributed by atoms with van der Waals surface area (Å²) in [5, 5.41) is 10.9. The molecular weight excluding hydrogens is 458 g/mol. The van der Waals surface area contributed by atoms with E-state index in [1.165, 1.54) is 30.3 Å². The number of benzene rings is 2. The van der Waals surface area contributed by atoms with Crippen LogP contribution in [0, 0.1) is 17.0 Å². The Balaban J connectivity index is 1.59. The molecule has 8 heteroatoms. The number of carbonyl (C=O) groups excluding carboxylic acids is 2. The van der Waals surface area contributed by atoms with Crippen LogP contribution < -0.4 is 4.74 Å². The van der Waals surface area contributed by atoms with Gasteiger partial charge in [-0.05, 0) is 60.5 Å². The van der Waals surface area contributed by atoms with Gasteiger partial charge < -0.3 is 9.14 Å². The zero-order valence-electron chi connectivity index (χ0n) is 19.1. The molecule has 0 aliphatic heterocycles. The Labute approximate surface area is 205 Å². The fourth-order valence-corrected chi connectivity index (χ4v) is 3.91. The van der Waals surface area contributed by atoms with Crippen molar-refractivity contribution in [2.75, 3.05) is 0 Å². The van der Waals surface area contributed by atoms with Crippen molar-refractivity contribution in [1.82, 2.24) is 9.38 Å². The largest absolute Gasteiger partial charge is 0.423 e. The number of hydrogen-bond donors (Lipinski definition) is 0. The molecule has 0 bridgehead atoms. The molecule has 0 aliphatic carbocycles. The first kappa shape index (κ1) is 22.7. The van der Waals surface area contributed by atoms with Crippen LogP contribution in [0.25, 0.3) is 16.6 Å². The summed E-state index contributed by atoms with van der Waals surface area (Å²) in [6, 6.07) is 21.3. The highest BCUT2D eigenvalue weighted by molar-refractivity contribution is 6.11. The molecule has 5 rings (SSSR count). The normalized spacial score (nSPS) is 10.8. The van der Waals surface area contributed by atoms with Crippen LogP contribution in [0.5, 0.6) is 5.75 Å². The molecule has 0 spiro atoms. The van der Waals surface area contributed by atoms with Gasteiger partial charge in [0.05, 0.1) is 21.7 Å². The van der Waals surface area contributed by atoms with Gasteiger partial charge in [-0.1, -0.05) is 29.8 Å². The van der Waals surface area contributed by atoms with Crippen LogP contribution in [0.3, 0.4) is 0 Å². The summed E-state index contributed by atoms with van der Waals surface area (Å²) in [7, 11) is 0. The van der Waals surface area contributed by atoms with Gasteiger partial charge in [0, 0.05) is 36.3 Å². The highest BCUT2D eigenvalue weighted by atomic mass is 16.6. The molecule has 0 N–H and O–H groups in total. The first-order valence-electron chi connectivity index (χ1n) is 11.0. The monoisotopic (exact) mass is 477 g/mol. The Morgan fingerprint density at radius 1 is 0.889 bits per heavy atom. The van der Waals surface area contributed by atoms with Crippen molar-refractivity contribution in [2.24, 2.45) is 0 Å². The second kappa shape index (κ2) is 9.27. The van der Waals surface area contributed by atoms with E-state index in [2.05, 4.69) is 4.98 Å². The number of fused-ring (bicyclic) bond motifs is 1. The molecule has 0 amide bonds. The van der Waals surface area contributed by atoms with Crippen molar-refractivity contribution >= 4 is 23.0 Å². The van der Waals surface area contributed by atoms with E-state index in [9.17, 15) is 19.7 Å². The second-order valence-corrected chi connectivity index (χ2v) is 8.19. The second-order valence-electron chi connectivity index (χ2n) is 8.19. The Morgan fingerprint density at radius 3 is 2.25 bits per heavy atom. The van der Waals surface area contributed by atoms with E-state index >= 15 is 0 Å². The van der Waals surface area contributed by atoms with E-state index in [4.69, 9.17) is 4.74 Å². The Hall–Kier alpha value is -5.11. The highest BCUT2D eigenvalue weighted by Crippen LogP contribution is 2.27. The minimum absolute atomic E-state index is 0.114. The highest BCUT2D eigenvalue weighted by Gasteiger charge is 2.23. The van der Waals surface area contributed by atoms with Crippen molar-refractivity contribution in [3.05, 3.63) is 130 Å². The van der Waals surface area contributed by atoms with Gasteiger partial charge in [0.15, 0.2) is 0 Å². The fourth-order valence-electron chi connectivity index (χ4n) is 3.91. The first-order valence-corrected chi connectivity index (χ1v) is 11.0. The number of hydrogen-bond acceptors (Lipinski definition) is 6. The number of aromatic nitrogens is 2. The molecule has 0 aliphatic rings. The van der Waals surface area contributed by atoms with E-state index in [0.29, 0.717) is 16.8 Å². The van der Waals surface area contributed by atoms with Crippen LogP contribution in [-0.2, 0) is 0 Å². The molecule has 5 aromatic rings. The lowest BCUT2D eigenvalue weighted by Crippen LogP contribution is -2.08. The first-order chi connectivity index (χ1) is 17.4. The van der Waals surface area contributed by atoms with Gasteiger partial charge in [-0.2, -0.15) is 0 Å². The predicted octanol–water partition coefficient (Wildman–Crippen LogP) is 5.67. The average molecular weight is 477 g/mol. The van der Waals surface area contributed by atoms with Crippen LogP contribution in [0.15, 0.2) is 97.5 Å². The molecule has 2 aromatic carbocycles. The Morgan fingerprint density at radius 2 is 1.58 bits per heavy atom. The number of ether oxygens (including phenoxy) is 1. The molecule has 36 heavy (non-hydrogen) atoms. The zero-order chi connectivity index (χ0) is 25.2. The quantitative estimate of drug-likeness (QED) is 0.103. The summed E-state index contributed by atoms with van der Waals surface area (Å²) in [6.45, 7) is 1.94. The number of rotatable bonds is 6. The molecule has 8 nitrogen and oxygen atoms in total. The lowest BCUT2D eigenvalue weighted by atomic mass is 10.1. The molecule has 0 atom stereocenters. The van der Waals surface area contributed by atoms with Crippen LogP contribution >= 0.6 is 0 Å². The number of nitro benzene ring substituents is 1. The van der Waals surface area contributed by atoms with Crippen LogP contribution in [0.1, 0.15) is 32.0 Å². The summed E-state index contributed by atoms with van der Waals surface area (Å²) in [5.41, 5.74) is 4.14. The van der Waals surface area contributed by atoms with Gasteiger partial charge >= 0.3 is 5.97 Å². The number of non-ortho nitro benzene ring substituents is 1. The number of esters is 1. The molecular formula is C28H19N3O5. The van der Waals surface area contributed by atoms with Gasteiger partial charge in [-0.25, -0.2) is 4.79 Å². The maximum Gasteiger partial charge on any atom is 0.345 e. The molecule has 0 radical (unpaired) electrons. The van der Waals surface area contributed by atoms with Gasteiger partial charge in [0.2, 0.25) is 5.78 Å². The van der Waals surface area contributed by atoms with Crippen LogP contribution in [0.4, 0.5) is 5.69 Å². The summed E-state index contributed by atoms with van der Waals surface area (Å²) >= 11 is 0. The number of carbonyl (C=O) groups is 2. The lowest BCUT2D eigenvalue weighted by Gasteiger charge is -2.07. The summed E-state index contributed by atoms with van der Waals surface area (Å²) < 4.78 is 7.17. The smallest absolute Gasteiger partial charge is 0.345 e. The Bertz CT molecular complexity index is 1610. The number of pyridine rings is 2.